The van der Waals surface area contributed by atoms with Crippen molar-refractivity contribution < 1.29 is 19.1 Å². The molecule has 2 atom stereocenters. The second-order valence-electron chi connectivity index (χ2n) is 5.98. The third-order valence-corrected chi connectivity index (χ3v) is 5.39. The molecule has 1 aromatic rings. The molecule has 1 aromatic heterocycles. The zero-order valence-corrected chi connectivity index (χ0v) is 14.3. The summed E-state index contributed by atoms with van der Waals surface area (Å²) in [7, 11) is 1.62. The second kappa shape index (κ2) is 6.98. The van der Waals surface area contributed by atoms with Crippen molar-refractivity contribution in [3.63, 3.8) is 0 Å². The van der Waals surface area contributed by atoms with Crippen LogP contribution in [0.25, 0.3) is 0 Å². The molecule has 0 unspecified atom stereocenters. The lowest BCUT2D eigenvalue weighted by atomic mass is 10.1. The third-order valence-electron chi connectivity index (χ3n) is 4.39. The standard InChI is InChI=1S/C16H22N2O4S/c1-11-3-4-12(23-11)7-15(19)17-8-13-14(9-17)22-10-16(20)18(13)5-6-21-2/h3-4,13-14H,5-10H2,1-2H3/t13-,14-/m0/s1. The van der Waals surface area contributed by atoms with Gasteiger partial charge in [0.1, 0.15) is 6.61 Å². The number of ether oxygens (including phenoxy) is 2. The van der Waals surface area contributed by atoms with Crippen LogP contribution in [-0.4, -0.2) is 73.7 Å². The van der Waals surface area contributed by atoms with Gasteiger partial charge in [0.2, 0.25) is 11.8 Å². The van der Waals surface area contributed by atoms with E-state index in [1.165, 1.54) is 4.88 Å². The molecular weight excluding hydrogens is 316 g/mol. The number of aryl methyl sites for hydroxylation is 1. The van der Waals surface area contributed by atoms with Crippen LogP contribution in [0.5, 0.6) is 0 Å². The van der Waals surface area contributed by atoms with E-state index in [2.05, 4.69) is 0 Å². The number of thiophene rings is 1. The number of methoxy groups -OCH3 is 1. The number of hydrogen-bond acceptors (Lipinski definition) is 5. The molecule has 0 aromatic carbocycles. The van der Waals surface area contributed by atoms with Crippen molar-refractivity contribution in [1.29, 1.82) is 0 Å². The summed E-state index contributed by atoms with van der Waals surface area (Å²) in [5.74, 6) is 0.0791. The highest BCUT2D eigenvalue weighted by atomic mass is 32.1. The van der Waals surface area contributed by atoms with E-state index in [1.54, 1.807) is 23.3 Å². The van der Waals surface area contributed by atoms with Crippen molar-refractivity contribution in [2.24, 2.45) is 0 Å². The molecule has 7 heteroatoms. The third kappa shape index (κ3) is 3.57. The van der Waals surface area contributed by atoms with Gasteiger partial charge in [0.25, 0.3) is 0 Å². The topological polar surface area (TPSA) is 59.1 Å². The van der Waals surface area contributed by atoms with Gasteiger partial charge in [-0.2, -0.15) is 0 Å². The van der Waals surface area contributed by atoms with E-state index in [0.29, 0.717) is 32.7 Å². The van der Waals surface area contributed by atoms with Crippen LogP contribution < -0.4 is 0 Å². The van der Waals surface area contributed by atoms with Crippen molar-refractivity contribution >= 4 is 23.2 Å². The van der Waals surface area contributed by atoms with E-state index in [0.717, 1.165) is 4.88 Å². The Morgan fingerprint density at radius 3 is 2.96 bits per heavy atom. The first-order valence-corrected chi connectivity index (χ1v) is 8.63. The van der Waals surface area contributed by atoms with Crippen molar-refractivity contribution in [2.75, 3.05) is 40.0 Å². The van der Waals surface area contributed by atoms with E-state index >= 15 is 0 Å². The molecule has 0 saturated carbocycles. The minimum atomic E-state index is -0.0847. The lowest BCUT2D eigenvalue weighted by Gasteiger charge is -2.36. The zero-order valence-electron chi connectivity index (χ0n) is 13.5. The van der Waals surface area contributed by atoms with Gasteiger partial charge in [0, 0.05) is 36.5 Å². The normalized spacial score (nSPS) is 24.2. The van der Waals surface area contributed by atoms with Crippen LogP contribution in [0.4, 0.5) is 0 Å². The number of nitrogens with zero attached hydrogens (tertiary/aromatic N) is 2. The monoisotopic (exact) mass is 338 g/mol. The Morgan fingerprint density at radius 1 is 1.43 bits per heavy atom. The molecule has 126 valence electrons. The van der Waals surface area contributed by atoms with Crippen molar-refractivity contribution in [3.05, 3.63) is 21.9 Å². The van der Waals surface area contributed by atoms with Crippen molar-refractivity contribution in [3.8, 4) is 0 Å². The summed E-state index contributed by atoms with van der Waals surface area (Å²) in [6.45, 7) is 4.28. The minimum absolute atomic E-state index is 0.0218. The maximum atomic E-state index is 12.5. The van der Waals surface area contributed by atoms with E-state index in [4.69, 9.17) is 9.47 Å². The SMILES string of the molecule is COCCN1C(=O)CO[C@H]2CN(C(=O)Cc3ccc(C)s3)C[C@@H]21. The fourth-order valence-electron chi connectivity index (χ4n) is 3.19. The van der Waals surface area contributed by atoms with E-state index < -0.39 is 0 Å². The first-order valence-electron chi connectivity index (χ1n) is 7.81. The summed E-state index contributed by atoms with van der Waals surface area (Å²) >= 11 is 1.65. The van der Waals surface area contributed by atoms with Gasteiger partial charge in [-0.1, -0.05) is 0 Å². The average molecular weight is 338 g/mol. The molecule has 0 bridgehead atoms. The van der Waals surface area contributed by atoms with Crippen molar-refractivity contribution in [1.82, 2.24) is 9.80 Å². The number of amides is 2. The van der Waals surface area contributed by atoms with Gasteiger partial charge >= 0.3 is 0 Å². The number of hydrogen-bond donors (Lipinski definition) is 0. The molecule has 0 aliphatic carbocycles. The highest BCUT2D eigenvalue weighted by molar-refractivity contribution is 7.12. The van der Waals surface area contributed by atoms with E-state index in [1.807, 2.05) is 24.0 Å². The second-order valence-corrected chi connectivity index (χ2v) is 7.36. The fourth-order valence-corrected chi connectivity index (χ4v) is 4.07. The zero-order chi connectivity index (χ0) is 16.4. The summed E-state index contributed by atoms with van der Waals surface area (Å²) in [4.78, 5) is 30.5. The first kappa shape index (κ1) is 16.4. The maximum Gasteiger partial charge on any atom is 0.249 e. The lowest BCUT2D eigenvalue weighted by molar-refractivity contribution is -0.153. The maximum absolute atomic E-state index is 12.5. The molecule has 6 nitrogen and oxygen atoms in total. The first-order chi connectivity index (χ1) is 11.1. The highest BCUT2D eigenvalue weighted by Crippen LogP contribution is 2.25. The Balaban J connectivity index is 1.63. The molecule has 2 saturated heterocycles. The van der Waals surface area contributed by atoms with Crippen LogP contribution in [0.2, 0.25) is 0 Å². The van der Waals surface area contributed by atoms with Crippen LogP contribution in [-0.2, 0) is 25.5 Å². The quantitative estimate of drug-likeness (QED) is 0.792. The Kier molecular flexibility index (Phi) is 4.99. The number of fused-ring (bicyclic) bond motifs is 1. The Hall–Kier alpha value is -1.44. The van der Waals surface area contributed by atoms with Crippen molar-refractivity contribution in [2.45, 2.75) is 25.5 Å². The molecule has 0 N–H and O–H groups in total. The number of rotatable bonds is 5. The number of carbonyl (C=O) groups is 2. The summed E-state index contributed by atoms with van der Waals surface area (Å²) in [5.41, 5.74) is 0. The Morgan fingerprint density at radius 2 is 2.26 bits per heavy atom. The summed E-state index contributed by atoms with van der Waals surface area (Å²) < 4.78 is 10.7. The van der Waals surface area contributed by atoms with Gasteiger partial charge in [-0.3, -0.25) is 9.59 Å². The Bertz CT molecular complexity index is 588. The van der Waals surface area contributed by atoms with Crippen LogP contribution in [0.3, 0.4) is 0 Å². The van der Waals surface area contributed by atoms with Gasteiger partial charge in [-0.25, -0.2) is 0 Å². The van der Waals surface area contributed by atoms with Crippen LogP contribution in [0, 0.1) is 6.92 Å². The van der Waals surface area contributed by atoms with Gasteiger partial charge in [0.05, 0.1) is 25.2 Å². The molecule has 23 heavy (non-hydrogen) atoms. The predicted molar refractivity (Wildman–Crippen MR) is 86.5 cm³/mol. The summed E-state index contributed by atoms with van der Waals surface area (Å²) in [5, 5.41) is 0. The highest BCUT2D eigenvalue weighted by Gasteiger charge is 2.44. The molecule has 3 heterocycles. The molecule has 2 aliphatic rings. The molecule has 2 aliphatic heterocycles. The van der Waals surface area contributed by atoms with Crippen LogP contribution in [0.1, 0.15) is 9.75 Å². The predicted octanol–water partition coefficient (Wildman–Crippen LogP) is 0.684. The number of likely N-dealkylation sites (tertiary alicyclic amines) is 1. The molecular formula is C16H22N2O4S. The average Bonchev–Trinajstić information content (AvgIpc) is 3.12. The minimum Gasteiger partial charge on any atom is -0.383 e. The molecule has 0 radical (unpaired) electrons. The number of morpholine rings is 1. The molecule has 3 rings (SSSR count). The molecule has 2 amide bonds. The summed E-state index contributed by atoms with van der Waals surface area (Å²) in [6, 6.07) is 3.98. The van der Waals surface area contributed by atoms with E-state index in [-0.39, 0.29) is 30.6 Å². The lowest BCUT2D eigenvalue weighted by Crippen LogP contribution is -2.54. The molecule has 0 spiro atoms. The summed E-state index contributed by atoms with van der Waals surface area (Å²) in [6.07, 6.45) is 0.336. The van der Waals surface area contributed by atoms with E-state index in [9.17, 15) is 9.59 Å². The van der Waals surface area contributed by atoms with Gasteiger partial charge in [-0.05, 0) is 19.1 Å². The Labute approximate surface area is 140 Å². The van der Waals surface area contributed by atoms with Gasteiger partial charge in [0.15, 0.2) is 0 Å². The molecule has 2 fully saturated rings. The van der Waals surface area contributed by atoms with Crippen LogP contribution >= 0.6 is 11.3 Å². The largest absolute Gasteiger partial charge is 0.383 e. The van der Waals surface area contributed by atoms with Gasteiger partial charge in [-0.15, -0.1) is 11.3 Å². The number of carbonyl (C=O) groups excluding carboxylic acids is 2. The van der Waals surface area contributed by atoms with Crippen LogP contribution in [0.15, 0.2) is 12.1 Å². The smallest absolute Gasteiger partial charge is 0.249 e. The fraction of sp³-hybridized carbons (Fsp3) is 0.625. The van der Waals surface area contributed by atoms with Gasteiger partial charge < -0.3 is 19.3 Å².